The van der Waals surface area contributed by atoms with Crippen molar-refractivity contribution < 1.29 is 41.4 Å². The summed E-state index contributed by atoms with van der Waals surface area (Å²) < 4.78 is 79.0. The number of hydrogen-bond donors (Lipinski definition) is 4. The summed E-state index contributed by atoms with van der Waals surface area (Å²) in [4.78, 5) is 21.1. The second-order valence-electron chi connectivity index (χ2n) is 8.60. The van der Waals surface area contributed by atoms with E-state index in [9.17, 15) is 41.4 Å². The average Bonchev–Trinajstić information content (AvgIpc) is 3.23. The quantitative estimate of drug-likeness (QED) is 0.303. The number of nitrogens with one attached hydrogen (secondary N) is 2. The number of carbonyl (C=O) groups excluding carboxylic acids is 1. The van der Waals surface area contributed by atoms with Crippen LogP contribution < -0.4 is 10.6 Å². The highest BCUT2D eigenvalue weighted by molar-refractivity contribution is 5.94. The summed E-state index contributed by atoms with van der Waals surface area (Å²) in [5.74, 6) is -0.621. The molecule has 2 aromatic heterocycles. The fraction of sp³-hybridized carbons (Fsp3) is 0.375. The number of anilines is 1. The lowest BCUT2D eigenvalue weighted by Crippen LogP contribution is -2.32. The first-order valence-electron chi connectivity index (χ1n) is 11.2. The zero-order valence-electron chi connectivity index (χ0n) is 20.2. The molecule has 2 unspecified atom stereocenters. The van der Waals surface area contributed by atoms with Crippen LogP contribution in [0.4, 0.5) is 32.2 Å². The second-order valence-corrected chi connectivity index (χ2v) is 8.60. The number of nitrogens with zero attached hydrogens (tertiary/aromatic N) is 3. The number of aliphatic hydroxyl groups is 2. The first-order chi connectivity index (χ1) is 17.7. The standard InChI is InChI=1S/C24H25F6N5O3/c1-13-20(31-12-32-21(13)33-17(10-36)8-23(25,26)27)15-7-19(35(2)9-15)22(38)34-18(11-37)14-4-3-5-16(6-14)24(28,29)30/h3-7,9,12,17-18,36-37H,8,10-11H2,1-2H3,(H,34,38)(H,31,32,33). The molecule has 2 atom stereocenters. The Balaban J connectivity index is 1.84. The summed E-state index contributed by atoms with van der Waals surface area (Å²) in [7, 11) is 1.54. The van der Waals surface area contributed by atoms with E-state index in [4.69, 9.17) is 0 Å². The van der Waals surface area contributed by atoms with E-state index in [1.165, 1.54) is 36.0 Å². The minimum Gasteiger partial charge on any atom is -0.394 e. The van der Waals surface area contributed by atoms with Gasteiger partial charge in [-0.1, -0.05) is 12.1 Å². The van der Waals surface area contributed by atoms with Crippen LogP contribution >= 0.6 is 0 Å². The summed E-state index contributed by atoms with van der Waals surface area (Å²) in [5.41, 5.74) is 0.302. The molecule has 0 fully saturated rings. The van der Waals surface area contributed by atoms with Crippen molar-refractivity contribution >= 4 is 11.7 Å². The highest BCUT2D eigenvalue weighted by Crippen LogP contribution is 2.31. The molecule has 0 aliphatic carbocycles. The maximum atomic E-state index is 13.1. The molecule has 0 bridgehead atoms. The van der Waals surface area contributed by atoms with E-state index >= 15 is 0 Å². The summed E-state index contributed by atoms with van der Waals surface area (Å²) in [6.07, 6.45) is -7.73. The van der Waals surface area contributed by atoms with Gasteiger partial charge in [-0.2, -0.15) is 26.3 Å². The van der Waals surface area contributed by atoms with E-state index in [1.807, 2.05) is 0 Å². The fourth-order valence-electron chi connectivity index (χ4n) is 3.84. The van der Waals surface area contributed by atoms with Crippen LogP contribution in [-0.4, -0.2) is 56.1 Å². The van der Waals surface area contributed by atoms with E-state index in [-0.39, 0.29) is 17.1 Å². The van der Waals surface area contributed by atoms with Crippen LogP contribution in [0.2, 0.25) is 0 Å². The Hall–Kier alpha value is -3.65. The lowest BCUT2D eigenvalue weighted by Gasteiger charge is -2.20. The van der Waals surface area contributed by atoms with E-state index in [2.05, 4.69) is 20.6 Å². The van der Waals surface area contributed by atoms with Crippen LogP contribution in [0.1, 0.15) is 39.6 Å². The molecule has 0 saturated carbocycles. The minimum atomic E-state index is -4.60. The fourth-order valence-corrected chi connectivity index (χ4v) is 3.84. The molecular formula is C24H25F6N5O3. The molecule has 3 rings (SSSR count). The third-order valence-corrected chi connectivity index (χ3v) is 5.74. The molecule has 3 aromatic rings. The number of aryl methyl sites for hydroxylation is 1. The van der Waals surface area contributed by atoms with Crippen LogP contribution in [0.25, 0.3) is 11.3 Å². The van der Waals surface area contributed by atoms with Gasteiger partial charge < -0.3 is 25.4 Å². The smallest absolute Gasteiger partial charge is 0.394 e. The summed E-state index contributed by atoms with van der Waals surface area (Å²) in [6.45, 7) is 0.113. The summed E-state index contributed by atoms with van der Waals surface area (Å²) in [6, 6.07) is 3.23. The predicted molar refractivity (Wildman–Crippen MR) is 125 cm³/mol. The van der Waals surface area contributed by atoms with Crippen LogP contribution in [-0.2, 0) is 13.2 Å². The zero-order valence-corrected chi connectivity index (χ0v) is 20.2. The van der Waals surface area contributed by atoms with Crippen molar-refractivity contribution in [3.8, 4) is 11.3 Å². The number of hydrogen-bond acceptors (Lipinski definition) is 6. The van der Waals surface area contributed by atoms with Crippen molar-refractivity contribution in [2.75, 3.05) is 18.5 Å². The molecule has 0 radical (unpaired) electrons. The van der Waals surface area contributed by atoms with Crippen molar-refractivity contribution in [1.29, 1.82) is 0 Å². The van der Waals surface area contributed by atoms with Gasteiger partial charge in [0.05, 0.1) is 43.0 Å². The van der Waals surface area contributed by atoms with Crippen molar-refractivity contribution in [2.45, 2.75) is 37.8 Å². The molecule has 0 aliphatic heterocycles. The minimum absolute atomic E-state index is 0.0600. The Bertz CT molecular complexity index is 1280. The van der Waals surface area contributed by atoms with E-state index < -0.39 is 55.5 Å². The van der Waals surface area contributed by atoms with E-state index in [1.54, 1.807) is 6.92 Å². The van der Waals surface area contributed by atoms with Crippen LogP contribution in [0.15, 0.2) is 42.9 Å². The summed E-state index contributed by atoms with van der Waals surface area (Å²) >= 11 is 0. The molecule has 14 heteroatoms. The van der Waals surface area contributed by atoms with Gasteiger partial charge >= 0.3 is 12.4 Å². The number of aliphatic hydroxyl groups excluding tert-OH is 2. The molecule has 0 aliphatic rings. The zero-order chi connectivity index (χ0) is 28.3. The maximum Gasteiger partial charge on any atom is 0.416 e. The molecular weight excluding hydrogens is 520 g/mol. The van der Waals surface area contributed by atoms with Crippen molar-refractivity contribution in [2.24, 2.45) is 7.05 Å². The molecule has 0 spiro atoms. The van der Waals surface area contributed by atoms with E-state index in [0.29, 0.717) is 16.8 Å². The van der Waals surface area contributed by atoms with Crippen LogP contribution in [0, 0.1) is 6.92 Å². The number of benzene rings is 1. The van der Waals surface area contributed by atoms with Gasteiger partial charge in [-0.25, -0.2) is 9.97 Å². The number of amides is 1. The molecule has 2 heterocycles. The number of halogens is 6. The molecule has 38 heavy (non-hydrogen) atoms. The third kappa shape index (κ3) is 7.01. The van der Waals surface area contributed by atoms with Gasteiger partial charge in [0, 0.05) is 24.4 Å². The van der Waals surface area contributed by atoms with Crippen molar-refractivity contribution in [1.82, 2.24) is 19.9 Å². The SMILES string of the molecule is Cc1c(NC(CO)CC(F)(F)F)ncnc1-c1cc(C(=O)NC(CO)c2cccc(C(F)(F)F)c2)n(C)c1. The van der Waals surface area contributed by atoms with Gasteiger partial charge in [0.1, 0.15) is 17.8 Å². The first kappa shape index (κ1) is 28.9. The lowest BCUT2D eigenvalue weighted by molar-refractivity contribution is -0.139. The van der Waals surface area contributed by atoms with Gasteiger partial charge in [0.15, 0.2) is 0 Å². The van der Waals surface area contributed by atoms with Gasteiger partial charge in [-0.05, 0) is 30.7 Å². The van der Waals surface area contributed by atoms with Crippen molar-refractivity contribution in [3.63, 3.8) is 0 Å². The van der Waals surface area contributed by atoms with Gasteiger partial charge in [-0.3, -0.25) is 4.79 Å². The van der Waals surface area contributed by atoms with Gasteiger partial charge in [-0.15, -0.1) is 0 Å². The number of rotatable bonds is 9. The molecule has 8 nitrogen and oxygen atoms in total. The molecule has 206 valence electrons. The largest absolute Gasteiger partial charge is 0.416 e. The lowest BCUT2D eigenvalue weighted by atomic mass is 10.0. The average molecular weight is 545 g/mol. The summed E-state index contributed by atoms with van der Waals surface area (Å²) in [5, 5.41) is 24.1. The number of carbonyl (C=O) groups is 1. The normalized spacial score (nSPS) is 13.7. The Labute approximate surface area is 213 Å². The maximum absolute atomic E-state index is 13.1. The van der Waals surface area contributed by atoms with E-state index in [0.717, 1.165) is 18.5 Å². The highest BCUT2D eigenvalue weighted by Gasteiger charge is 2.33. The highest BCUT2D eigenvalue weighted by atomic mass is 19.4. The predicted octanol–water partition coefficient (Wildman–Crippen LogP) is 4.00. The topological polar surface area (TPSA) is 112 Å². The van der Waals surface area contributed by atoms with Crippen LogP contribution in [0.5, 0.6) is 0 Å². The molecule has 0 saturated heterocycles. The Morgan fingerprint density at radius 1 is 1.08 bits per heavy atom. The number of alkyl halides is 6. The van der Waals surface area contributed by atoms with Gasteiger partial charge in [0.2, 0.25) is 0 Å². The monoisotopic (exact) mass is 545 g/mol. The number of aromatic nitrogens is 3. The Morgan fingerprint density at radius 3 is 2.39 bits per heavy atom. The Kier molecular flexibility index (Phi) is 8.67. The van der Waals surface area contributed by atoms with Crippen molar-refractivity contribution in [3.05, 3.63) is 65.2 Å². The van der Waals surface area contributed by atoms with Crippen LogP contribution in [0.3, 0.4) is 0 Å². The second kappa shape index (κ2) is 11.4. The molecule has 4 N–H and O–H groups in total. The first-order valence-corrected chi connectivity index (χ1v) is 11.2. The molecule has 1 amide bonds. The van der Waals surface area contributed by atoms with Gasteiger partial charge in [0.25, 0.3) is 5.91 Å². The Morgan fingerprint density at radius 2 is 1.79 bits per heavy atom. The third-order valence-electron chi connectivity index (χ3n) is 5.74. The molecule has 1 aromatic carbocycles.